The zero-order valence-corrected chi connectivity index (χ0v) is 23.7. The number of fused-ring (bicyclic) bond motifs is 1. The lowest BCUT2D eigenvalue weighted by Crippen LogP contribution is -2.53. The maximum Gasteiger partial charge on any atom is 0.417 e. The van der Waals surface area contributed by atoms with Crippen molar-refractivity contribution in [3.63, 3.8) is 0 Å². The molecule has 1 unspecified atom stereocenters. The summed E-state index contributed by atoms with van der Waals surface area (Å²) in [4.78, 5) is 30.1. The average molecular weight is 561 g/mol. The van der Waals surface area contributed by atoms with Crippen molar-refractivity contribution in [2.24, 2.45) is 5.92 Å². The van der Waals surface area contributed by atoms with Gasteiger partial charge in [0.2, 0.25) is 0 Å². The Morgan fingerprint density at radius 3 is 2.50 bits per heavy atom. The van der Waals surface area contributed by atoms with E-state index in [0.29, 0.717) is 19.4 Å². The van der Waals surface area contributed by atoms with Crippen molar-refractivity contribution in [1.82, 2.24) is 4.90 Å². The molecular weight excluding hydrogens is 521 g/mol. The van der Waals surface area contributed by atoms with E-state index in [0.717, 1.165) is 43.7 Å². The number of anilines is 1. The summed E-state index contributed by atoms with van der Waals surface area (Å²) >= 11 is 0. The Hall–Kier alpha value is -3.07. The zero-order valence-electron chi connectivity index (χ0n) is 23.7. The highest BCUT2D eigenvalue weighted by atomic mass is 19.4. The highest BCUT2D eigenvalue weighted by Gasteiger charge is 2.45. The highest BCUT2D eigenvalue weighted by molar-refractivity contribution is 6.05. The predicted octanol–water partition coefficient (Wildman–Crippen LogP) is 6.51. The Kier molecular flexibility index (Phi) is 9.12. The molecule has 0 aromatic heterocycles. The van der Waals surface area contributed by atoms with Crippen LogP contribution in [0.1, 0.15) is 73.9 Å². The molecule has 0 bridgehead atoms. The number of carbonyl (C=O) groups is 2. The van der Waals surface area contributed by atoms with Crippen molar-refractivity contribution in [3.8, 4) is 5.75 Å². The van der Waals surface area contributed by atoms with E-state index in [-0.39, 0.29) is 35.8 Å². The van der Waals surface area contributed by atoms with Gasteiger partial charge in [-0.15, -0.1) is 0 Å². The largest absolute Gasteiger partial charge is 0.476 e. The standard InChI is InChI=1S/C31H39F3N2O4/c1-30(2)29(38)36(16-10-11-17-39-4)26-19-23(24(31(32,33)34)20-27(26)40-30)28(37)35(3)25-15-9-8-14-22(25)18-21-12-6-5-7-13-21/h5-7,12-13,19-20,22,25H,8-11,14-18H2,1-4H3/t22-,25?/m1/s1. The van der Waals surface area contributed by atoms with Gasteiger partial charge < -0.3 is 19.3 Å². The van der Waals surface area contributed by atoms with Crippen molar-refractivity contribution in [2.45, 2.75) is 76.6 Å². The average Bonchev–Trinajstić information content (AvgIpc) is 2.92. The molecule has 40 heavy (non-hydrogen) atoms. The zero-order chi connectivity index (χ0) is 29.1. The van der Waals surface area contributed by atoms with Gasteiger partial charge in [0.05, 0.1) is 16.8 Å². The van der Waals surface area contributed by atoms with Gasteiger partial charge in [-0.25, -0.2) is 0 Å². The minimum absolute atomic E-state index is 0.0532. The molecule has 4 rings (SSSR count). The van der Waals surface area contributed by atoms with Gasteiger partial charge in [-0.05, 0) is 69.6 Å². The summed E-state index contributed by atoms with van der Waals surface area (Å²) in [5.74, 6) is -0.974. The Morgan fingerprint density at radius 2 is 1.82 bits per heavy atom. The van der Waals surface area contributed by atoms with Crippen LogP contribution in [-0.2, 0) is 22.1 Å². The van der Waals surface area contributed by atoms with Gasteiger partial charge in [-0.3, -0.25) is 9.59 Å². The molecule has 2 aromatic carbocycles. The molecular formula is C31H39F3N2O4. The van der Waals surface area contributed by atoms with E-state index in [1.54, 1.807) is 14.2 Å². The summed E-state index contributed by atoms with van der Waals surface area (Å²) in [7, 11) is 3.19. The third kappa shape index (κ3) is 6.45. The maximum atomic E-state index is 14.4. The van der Waals surface area contributed by atoms with Crippen LogP contribution in [0.5, 0.6) is 5.75 Å². The van der Waals surface area contributed by atoms with Crippen LogP contribution >= 0.6 is 0 Å². The van der Waals surface area contributed by atoms with Crippen molar-refractivity contribution >= 4 is 17.5 Å². The molecule has 2 aromatic rings. The fourth-order valence-corrected chi connectivity index (χ4v) is 5.96. The minimum Gasteiger partial charge on any atom is -0.476 e. The Morgan fingerprint density at radius 1 is 1.12 bits per heavy atom. The summed E-state index contributed by atoms with van der Waals surface area (Å²) in [5.41, 5.74) is -1.52. The molecule has 1 saturated carbocycles. The minimum atomic E-state index is -4.78. The summed E-state index contributed by atoms with van der Waals surface area (Å²) in [6.45, 7) is 3.85. The number of hydrogen-bond donors (Lipinski definition) is 0. The molecule has 0 spiro atoms. The van der Waals surface area contributed by atoms with Crippen LogP contribution in [-0.4, -0.2) is 55.7 Å². The fourth-order valence-electron chi connectivity index (χ4n) is 5.96. The van der Waals surface area contributed by atoms with E-state index in [1.807, 2.05) is 30.3 Å². The van der Waals surface area contributed by atoms with Crippen LogP contribution in [0.2, 0.25) is 0 Å². The van der Waals surface area contributed by atoms with Gasteiger partial charge in [-0.2, -0.15) is 13.2 Å². The number of alkyl halides is 3. The molecule has 2 amide bonds. The molecule has 0 saturated heterocycles. The van der Waals surface area contributed by atoms with Gasteiger partial charge in [0.25, 0.3) is 11.8 Å². The first-order chi connectivity index (χ1) is 18.9. The van der Waals surface area contributed by atoms with Gasteiger partial charge >= 0.3 is 6.18 Å². The number of methoxy groups -OCH3 is 1. The summed E-state index contributed by atoms with van der Waals surface area (Å²) < 4.78 is 54.0. The lowest BCUT2D eigenvalue weighted by Gasteiger charge is -2.40. The number of carbonyl (C=O) groups excluding carboxylic acids is 2. The van der Waals surface area contributed by atoms with E-state index in [1.165, 1.54) is 29.7 Å². The van der Waals surface area contributed by atoms with E-state index in [2.05, 4.69) is 0 Å². The third-order valence-corrected chi connectivity index (χ3v) is 8.06. The SMILES string of the molecule is COCCCCN1C(=O)C(C)(C)Oc2cc(C(F)(F)F)c(C(=O)N(C)C3CCCC[C@@H]3Cc3ccccc3)cc21. The lowest BCUT2D eigenvalue weighted by atomic mass is 9.79. The van der Waals surface area contributed by atoms with Gasteiger partial charge in [0.1, 0.15) is 5.75 Å². The second kappa shape index (κ2) is 12.2. The Labute approximate surface area is 234 Å². The van der Waals surface area contributed by atoms with Crippen LogP contribution in [0.4, 0.5) is 18.9 Å². The quantitative estimate of drug-likeness (QED) is 0.328. The number of unbranched alkanes of at least 4 members (excludes halogenated alkanes) is 1. The first-order valence-corrected chi connectivity index (χ1v) is 14.0. The van der Waals surface area contributed by atoms with Gasteiger partial charge in [0, 0.05) is 33.4 Å². The highest BCUT2D eigenvalue weighted by Crippen LogP contribution is 2.44. The van der Waals surface area contributed by atoms with E-state index >= 15 is 0 Å². The van der Waals surface area contributed by atoms with Crippen molar-refractivity contribution in [2.75, 3.05) is 32.2 Å². The Bertz CT molecular complexity index is 1200. The number of nitrogens with zero attached hydrogens (tertiary/aromatic N) is 2. The summed E-state index contributed by atoms with van der Waals surface area (Å²) in [6.07, 6.45) is 0.806. The molecule has 2 aliphatic rings. The lowest BCUT2D eigenvalue weighted by molar-refractivity contribution is -0.138. The molecule has 1 heterocycles. The molecule has 2 atom stereocenters. The normalized spacial score (nSPS) is 20.6. The molecule has 0 radical (unpaired) electrons. The first kappa shape index (κ1) is 29.9. The van der Waals surface area contributed by atoms with Crippen LogP contribution in [0.15, 0.2) is 42.5 Å². The van der Waals surface area contributed by atoms with E-state index < -0.39 is 28.8 Å². The molecule has 1 fully saturated rings. The third-order valence-electron chi connectivity index (χ3n) is 8.06. The first-order valence-electron chi connectivity index (χ1n) is 14.0. The van der Waals surface area contributed by atoms with E-state index in [4.69, 9.17) is 9.47 Å². The molecule has 1 aliphatic carbocycles. The molecule has 218 valence electrons. The summed E-state index contributed by atoms with van der Waals surface area (Å²) in [5, 5.41) is 0. The van der Waals surface area contributed by atoms with Crippen LogP contribution < -0.4 is 9.64 Å². The monoisotopic (exact) mass is 560 g/mol. The molecule has 9 heteroatoms. The number of hydrogen-bond acceptors (Lipinski definition) is 4. The molecule has 1 aliphatic heterocycles. The number of benzene rings is 2. The number of amides is 2. The number of ether oxygens (including phenoxy) is 2. The smallest absolute Gasteiger partial charge is 0.417 e. The maximum absolute atomic E-state index is 14.4. The molecule has 0 N–H and O–H groups in total. The van der Waals surface area contributed by atoms with E-state index in [9.17, 15) is 22.8 Å². The van der Waals surface area contributed by atoms with Gasteiger partial charge in [0.15, 0.2) is 5.60 Å². The van der Waals surface area contributed by atoms with Crippen molar-refractivity contribution < 1.29 is 32.2 Å². The fraction of sp³-hybridized carbons (Fsp3) is 0.548. The van der Waals surface area contributed by atoms with Crippen LogP contribution in [0.3, 0.4) is 0 Å². The van der Waals surface area contributed by atoms with Gasteiger partial charge in [-0.1, -0.05) is 43.2 Å². The topological polar surface area (TPSA) is 59.1 Å². The number of halogens is 3. The molecule has 6 nitrogen and oxygen atoms in total. The second-order valence-corrected chi connectivity index (χ2v) is 11.4. The predicted molar refractivity (Wildman–Crippen MR) is 148 cm³/mol. The second-order valence-electron chi connectivity index (χ2n) is 11.4. The summed E-state index contributed by atoms with van der Waals surface area (Å²) in [6, 6.07) is 11.9. The van der Waals surface area contributed by atoms with Crippen molar-refractivity contribution in [3.05, 3.63) is 59.2 Å². The van der Waals surface area contributed by atoms with Crippen LogP contribution in [0, 0.1) is 5.92 Å². The van der Waals surface area contributed by atoms with Crippen molar-refractivity contribution in [1.29, 1.82) is 0 Å². The Balaban J connectivity index is 1.70. The van der Waals surface area contributed by atoms with Crippen LogP contribution in [0.25, 0.3) is 0 Å². The number of rotatable bonds is 9.